The number of hydrogen-bond acceptors (Lipinski definition) is 9. The molecule has 3 amide bonds. The Bertz CT molecular complexity index is 2060. The van der Waals surface area contributed by atoms with E-state index in [4.69, 9.17) is 14.8 Å². The van der Waals surface area contributed by atoms with Crippen molar-refractivity contribution in [3.8, 4) is 5.75 Å². The predicted molar refractivity (Wildman–Crippen MR) is 204 cm³/mol. The molecule has 2 aromatic carbocycles. The molecule has 2 aromatic heterocycles. The highest BCUT2D eigenvalue weighted by molar-refractivity contribution is 7.89. The number of fused-ring (bicyclic) bond motifs is 14. The van der Waals surface area contributed by atoms with Crippen LogP contribution in [-0.2, 0) is 50.2 Å². The molecule has 1 aliphatic carbocycles. The zero-order chi connectivity index (χ0) is 39.3. The van der Waals surface area contributed by atoms with E-state index in [1.807, 2.05) is 30.3 Å². The fraction of sp³-hybridized carbons (Fsp3) is 0.487. The van der Waals surface area contributed by atoms with Gasteiger partial charge in [-0.2, -0.15) is 14.9 Å². The minimum absolute atomic E-state index is 0.0227. The second-order valence-electron chi connectivity index (χ2n) is 15.2. The van der Waals surface area contributed by atoms with E-state index in [0.717, 1.165) is 18.4 Å². The van der Waals surface area contributed by atoms with Gasteiger partial charge in [-0.1, -0.05) is 56.3 Å². The number of nitrogens with zero attached hydrogens (tertiary/aromatic N) is 4. The van der Waals surface area contributed by atoms with Crippen molar-refractivity contribution in [1.82, 2.24) is 45.6 Å². The summed E-state index contributed by atoms with van der Waals surface area (Å²) in [6.45, 7) is 8.92. The molecule has 15 nitrogen and oxygen atoms in total. The number of benzene rings is 2. The molecule has 0 unspecified atom stereocenters. The number of sulfonamides is 1. The number of hydrogen-bond donors (Lipinski definition) is 5. The van der Waals surface area contributed by atoms with Gasteiger partial charge in [-0.25, -0.2) is 18.1 Å². The van der Waals surface area contributed by atoms with Crippen molar-refractivity contribution in [1.29, 1.82) is 0 Å². The molecule has 1 saturated carbocycles. The molecule has 3 aliphatic rings. The van der Waals surface area contributed by atoms with E-state index in [2.05, 4.69) is 44.7 Å². The van der Waals surface area contributed by atoms with Crippen LogP contribution in [0.1, 0.15) is 80.2 Å². The molecule has 0 saturated heterocycles. The molecule has 2 bridgehead atoms. The number of H-pyrrole nitrogens is 1. The maximum absolute atomic E-state index is 14.0. The second-order valence-corrected chi connectivity index (χ2v) is 16.8. The fourth-order valence-corrected chi connectivity index (χ4v) is 8.41. The molecule has 4 heterocycles. The molecule has 16 heteroatoms. The van der Waals surface area contributed by atoms with Gasteiger partial charge in [0.1, 0.15) is 35.9 Å². The van der Waals surface area contributed by atoms with Crippen molar-refractivity contribution in [3.05, 3.63) is 88.8 Å². The third-order valence-corrected chi connectivity index (χ3v) is 11.5. The summed E-state index contributed by atoms with van der Waals surface area (Å²) in [5.74, 6) is 0.834. The molecule has 1 fully saturated rings. The molecule has 4 aromatic rings. The van der Waals surface area contributed by atoms with Gasteiger partial charge in [0.15, 0.2) is 11.6 Å². The Morgan fingerprint density at radius 2 is 1.67 bits per heavy atom. The van der Waals surface area contributed by atoms with Crippen molar-refractivity contribution < 1.29 is 27.5 Å². The minimum atomic E-state index is -4.21. The SMILES string of the molecule is Cc1n[nH]c(C)c1S(=O)(=O)N[C@H]1Cc2ccc(cc2)OC[C@H](CC(C)C)NC(=O)Cn2nc(CC3CC3)nc2[C@@H](Cc2ccccc2)NC(=O)[C@@H](C)NC1=O. The molecule has 2 aliphatic heterocycles. The van der Waals surface area contributed by atoms with Gasteiger partial charge in [0.05, 0.1) is 23.5 Å². The first-order valence-corrected chi connectivity index (χ1v) is 20.4. The van der Waals surface area contributed by atoms with Gasteiger partial charge in [-0.05, 0) is 88.0 Å². The molecule has 0 radical (unpaired) electrons. The third kappa shape index (κ3) is 10.6. The summed E-state index contributed by atoms with van der Waals surface area (Å²) in [7, 11) is -4.21. The van der Waals surface area contributed by atoms with Gasteiger partial charge in [0.25, 0.3) is 0 Å². The van der Waals surface area contributed by atoms with E-state index < -0.39 is 40.0 Å². The van der Waals surface area contributed by atoms with Crippen molar-refractivity contribution in [2.24, 2.45) is 11.8 Å². The Hall–Kier alpha value is -5.09. The summed E-state index contributed by atoms with van der Waals surface area (Å²) in [5, 5.41) is 20.4. The Morgan fingerprint density at radius 1 is 0.945 bits per heavy atom. The molecule has 7 rings (SSSR count). The molecule has 294 valence electrons. The number of carbonyl (C=O) groups excluding carboxylic acids is 3. The minimum Gasteiger partial charge on any atom is -0.491 e. The highest BCUT2D eigenvalue weighted by Gasteiger charge is 2.33. The van der Waals surface area contributed by atoms with Crippen LogP contribution in [0.2, 0.25) is 0 Å². The summed E-state index contributed by atoms with van der Waals surface area (Å²) >= 11 is 0. The highest BCUT2D eigenvalue weighted by atomic mass is 32.2. The van der Waals surface area contributed by atoms with Crippen LogP contribution in [0.4, 0.5) is 0 Å². The average Bonchev–Trinajstić information content (AvgIpc) is 3.75. The highest BCUT2D eigenvalue weighted by Crippen LogP contribution is 2.32. The van der Waals surface area contributed by atoms with Crippen molar-refractivity contribution >= 4 is 27.7 Å². The van der Waals surface area contributed by atoms with Crippen LogP contribution in [0.15, 0.2) is 59.5 Å². The van der Waals surface area contributed by atoms with E-state index in [0.29, 0.717) is 53.8 Å². The molecule has 55 heavy (non-hydrogen) atoms. The zero-order valence-electron chi connectivity index (χ0n) is 32.0. The first-order chi connectivity index (χ1) is 26.2. The monoisotopic (exact) mass is 773 g/mol. The van der Waals surface area contributed by atoms with Gasteiger partial charge in [-0.3, -0.25) is 19.5 Å². The lowest BCUT2D eigenvalue weighted by atomic mass is 10.0. The fourth-order valence-electron chi connectivity index (χ4n) is 6.85. The van der Waals surface area contributed by atoms with Gasteiger partial charge in [0.2, 0.25) is 27.7 Å². The summed E-state index contributed by atoms with van der Waals surface area (Å²) < 4.78 is 37.6. The number of carbonyl (C=O) groups is 3. The standard InChI is InChI=1S/C39H51N9O6S/c1-23(2)17-30-22-54-31-15-13-28(14-16-31)19-33(47-55(52,53)36-24(3)44-45-25(36)4)39(51)40-26(5)38(50)42-32(18-27-9-7-6-8-10-27)37-43-34(20-29-11-12-29)46-48(37)21-35(49)41-30/h6-10,13-16,23,26,29-30,32-33,47H,11-12,17-22H2,1-5H3,(H,40,51)(H,41,49)(H,42,50)(H,44,45)/t26-,30+,32-,33+/m1/s1. The lowest BCUT2D eigenvalue weighted by Crippen LogP contribution is -2.54. The lowest BCUT2D eigenvalue weighted by Gasteiger charge is -2.25. The smallest absolute Gasteiger partial charge is 0.244 e. The summed E-state index contributed by atoms with van der Waals surface area (Å²) in [4.78, 5) is 46.5. The van der Waals surface area contributed by atoms with E-state index in [1.54, 1.807) is 42.8 Å². The largest absolute Gasteiger partial charge is 0.491 e. The average molecular weight is 774 g/mol. The number of ether oxygens (including phenoxy) is 1. The Labute approximate surface area is 321 Å². The molecule has 4 atom stereocenters. The quantitative estimate of drug-likeness (QED) is 0.170. The van der Waals surface area contributed by atoms with Crippen LogP contribution in [-0.4, -0.2) is 75.8 Å². The number of aromatic nitrogens is 5. The van der Waals surface area contributed by atoms with Gasteiger partial charge >= 0.3 is 0 Å². The number of rotatable bonds is 9. The van der Waals surface area contributed by atoms with Crippen LogP contribution in [0.5, 0.6) is 5.75 Å². The normalized spacial score (nSPS) is 21.7. The maximum Gasteiger partial charge on any atom is 0.244 e. The van der Waals surface area contributed by atoms with E-state index in [-0.39, 0.29) is 48.0 Å². The van der Waals surface area contributed by atoms with E-state index in [1.165, 1.54) is 6.92 Å². The Kier molecular flexibility index (Phi) is 12.3. The number of amides is 3. The first-order valence-electron chi connectivity index (χ1n) is 18.9. The molecular formula is C39H51N9O6S. The summed E-state index contributed by atoms with van der Waals surface area (Å²) in [5.41, 5.74) is 2.16. The number of nitrogens with one attached hydrogen (secondary N) is 5. The predicted octanol–water partition coefficient (Wildman–Crippen LogP) is 2.99. The van der Waals surface area contributed by atoms with E-state index in [9.17, 15) is 22.8 Å². The van der Waals surface area contributed by atoms with Crippen molar-refractivity contribution in [2.75, 3.05) is 6.61 Å². The zero-order valence-corrected chi connectivity index (χ0v) is 32.8. The lowest BCUT2D eigenvalue weighted by molar-refractivity contribution is -0.129. The Balaban J connectivity index is 1.36. The molecular weight excluding hydrogens is 723 g/mol. The maximum atomic E-state index is 14.0. The molecule has 0 spiro atoms. The van der Waals surface area contributed by atoms with Crippen LogP contribution < -0.4 is 25.4 Å². The topological polar surface area (TPSA) is 202 Å². The van der Waals surface area contributed by atoms with Crippen molar-refractivity contribution in [3.63, 3.8) is 0 Å². The van der Waals surface area contributed by atoms with Gasteiger partial charge in [0, 0.05) is 6.42 Å². The second kappa shape index (κ2) is 17.1. The van der Waals surface area contributed by atoms with Crippen LogP contribution >= 0.6 is 0 Å². The summed E-state index contributed by atoms with van der Waals surface area (Å²) in [6.07, 6.45) is 3.82. The van der Waals surface area contributed by atoms with Crippen molar-refractivity contribution in [2.45, 2.75) is 109 Å². The number of aromatic amines is 1. The van der Waals surface area contributed by atoms with Gasteiger partial charge < -0.3 is 20.7 Å². The number of aryl methyl sites for hydroxylation is 2. The van der Waals surface area contributed by atoms with Crippen LogP contribution in [0.25, 0.3) is 0 Å². The molecule has 5 N–H and O–H groups in total. The summed E-state index contributed by atoms with van der Waals surface area (Å²) in [6, 6.07) is 13.2. The third-order valence-electron chi connectivity index (χ3n) is 9.75. The van der Waals surface area contributed by atoms with E-state index >= 15 is 0 Å². The van der Waals surface area contributed by atoms with Crippen LogP contribution in [0, 0.1) is 25.7 Å². The Morgan fingerprint density at radius 3 is 2.33 bits per heavy atom. The van der Waals surface area contributed by atoms with Crippen LogP contribution in [0.3, 0.4) is 0 Å². The van der Waals surface area contributed by atoms with Gasteiger partial charge in [-0.15, -0.1) is 0 Å². The first kappa shape index (κ1) is 39.6.